The molecule has 0 radical (unpaired) electrons. The fraction of sp³-hybridized carbons (Fsp3) is 0.632. The third kappa shape index (κ3) is 10.6. The minimum Gasteiger partial charge on any atom is -0.353 e. The Morgan fingerprint density at radius 1 is 1.05 bits per heavy atom. The van der Waals surface area contributed by atoms with Gasteiger partial charge in [0.25, 0.3) is 0 Å². The lowest BCUT2D eigenvalue weighted by atomic mass is 10.1. The van der Waals surface area contributed by atoms with E-state index >= 15 is 0 Å². The molecular formula is C19H31NOS. The van der Waals surface area contributed by atoms with Crippen molar-refractivity contribution in [2.75, 3.05) is 6.54 Å². The van der Waals surface area contributed by atoms with Crippen LogP contribution in [0.25, 0.3) is 6.08 Å². The zero-order chi connectivity index (χ0) is 15.9. The maximum Gasteiger partial charge on any atom is 0.244 e. The SMILES string of the molecule is CCCCCCCCCCCCNC(=O)/C=C/c1cccs1. The van der Waals surface area contributed by atoms with Gasteiger partial charge in [-0.15, -0.1) is 11.3 Å². The summed E-state index contributed by atoms with van der Waals surface area (Å²) in [5.41, 5.74) is 0. The predicted molar refractivity (Wildman–Crippen MR) is 98.2 cm³/mol. The molecule has 0 bridgehead atoms. The number of rotatable bonds is 13. The normalized spacial score (nSPS) is 11.1. The molecule has 0 atom stereocenters. The van der Waals surface area contributed by atoms with Gasteiger partial charge in [-0.25, -0.2) is 0 Å². The van der Waals surface area contributed by atoms with Crippen LogP contribution in [0.3, 0.4) is 0 Å². The maximum atomic E-state index is 11.6. The topological polar surface area (TPSA) is 29.1 Å². The van der Waals surface area contributed by atoms with Crippen molar-refractivity contribution < 1.29 is 4.79 Å². The summed E-state index contributed by atoms with van der Waals surface area (Å²) in [7, 11) is 0. The van der Waals surface area contributed by atoms with Crippen LogP contribution in [0.2, 0.25) is 0 Å². The summed E-state index contributed by atoms with van der Waals surface area (Å²) in [5, 5.41) is 4.96. The molecule has 0 aliphatic carbocycles. The Kier molecular flexibility index (Phi) is 11.7. The molecule has 0 spiro atoms. The Bertz CT molecular complexity index is 398. The maximum absolute atomic E-state index is 11.6. The van der Waals surface area contributed by atoms with Gasteiger partial charge in [-0.2, -0.15) is 0 Å². The largest absolute Gasteiger partial charge is 0.353 e. The van der Waals surface area contributed by atoms with Crippen LogP contribution in [-0.4, -0.2) is 12.5 Å². The average molecular weight is 322 g/mol. The second-order valence-electron chi connectivity index (χ2n) is 5.82. The van der Waals surface area contributed by atoms with Gasteiger partial charge in [0.1, 0.15) is 0 Å². The summed E-state index contributed by atoms with van der Waals surface area (Å²) in [6.45, 7) is 3.06. The van der Waals surface area contributed by atoms with E-state index in [1.165, 1.54) is 57.8 Å². The van der Waals surface area contributed by atoms with Crippen molar-refractivity contribution in [2.24, 2.45) is 0 Å². The van der Waals surface area contributed by atoms with Crippen molar-refractivity contribution in [3.8, 4) is 0 Å². The van der Waals surface area contributed by atoms with Crippen LogP contribution in [0.5, 0.6) is 0 Å². The summed E-state index contributed by atoms with van der Waals surface area (Å²) < 4.78 is 0. The molecule has 1 N–H and O–H groups in total. The van der Waals surface area contributed by atoms with Crippen LogP contribution in [-0.2, 0) is 4.79 Å². The van der Waals surface area contributed by atoms with Gasteiger partial charge in [-0.3, -0.25) is 4.79 Å². The standard InChI is InChI=1S/C19H31NOS/c1-2-3-4-5-6-7-8-9-10-11-16-20-19(21)15-14-18-13-12-17-22-18/h12-15,17H,2-11,16H2,1H3,(H,20,21)/b15-14+. The van der Waals surface area contributed by atoms with Crippen LogP contribution in [0.4, 0.5) is 0 Å². The van der Waals surface area contributed by atoms with Gasteiger partial charge in [-0.05, 0) is 23.9 Å². The number of carbonyl (C=O) groups excluding carboxylic acids is 1. The molecule has 1 heterocycles. The zero-order valence-corrected chi connectivity index (χ0v) is 14.8. The Hall–Kier alpha value is -1.09. The number of hydrogen-bond donors (Lipinski definition) is 1. The smallest absolute Gasteiger partial charge is 0.244 e. The van der Waals surface area contributed by atoms with Gasteiger partial charge in [0, 0.05) is 17.5 Å². The highest BCUT2D eigenvalue weighted by molar-refractivity contribution is 7.10. The summed E-state index contributed by atoms with van der Waals surface area (Å²) in [4.78, 5) is 12.7. The molecule has 0 aromatic carbocycles. The third-order valence-electron chi connectivity index (χ3n) is 3.77. The van der Waals surface area contributed by atoms with Gasteiger partial charge in [0.05, 0.1) is 0 Å². The van der Waals surface area contributed by atoms with E-state index in [1.54, 1.807) is 17.4 Å². The number of thiophene rings is 1. The molecule has 1 aromatic rings. The van der Waals surface area contributed by atoms with Crippen LogP contribution in [0.1, 0.15) is 76.0 Å². The summed E-state index contributed by atoms with van der Waals surface area (Å²) >= 11 is 1.64. The first kappa shape index (κ1) is 19.0. The first-order valence-corrected chi connectivity index (χ1v) is 9.70. The highest BCUT2D eigenvalue weighted by atomic mass is 32.1. The molecule has 0 aliphatic heterocycles. The number of nitrogens with one attached hydrogen (secondary N) is 1. The molecule has 0 fully saturated rings. The van der Waals surface area contributed by atoms with Crippen LogP contribution in [0, 0.1) is 0 Å². The summed E-state index contributed by atoms with van der Waals surface area (Å²) in [5.74, 6) is 0.0179. The molecule has 1 aromatic heterocycles. The van der Waals surface area contributed by atoms with E-state index in [0.717, 1.165) is 17.8 Å². The molecule has 2 nitrogen and oxygen atoms in total. The Morgan fingerprint density at radius 3 is 2.27 bits per heavy atom. The van der Waals surface area contributed by atoms with Crippen molar-refractivity contribution in [1.82, 2.24) is 5.32 Å². The van der Waals surface area contributed by atoms with E-state index in [4.69, 9.17) is 0 Å². The third-order valence-corrected chi connectivity index (χ3v) is 4.61. The van der Waals surface area contributed by atoms with E-state index in [2.05, 4.69) is 12.2 Å². The van der Waals surface area contributed by atoms with E-state index < -0.39 is 0 Å². The van der Waals surface area contributed by atoms with Gasteiger partial charge in [0.15, 0.2) is 0 Å². The quantitative estimate of drug-likeness (QED) is 0.361. The molecule has 0 saturated carbocycles. The number of hydrogen-bond acceptors (Lipinski definition) is 2. The molecule has 3 heteroatoms. The Balaban J connectivity index is 1.86. The van der Waals surface area contributed by atoms with Crippen molar-refractivity contribution >= 4 is 23.3 Å². The number of amides is 1. The van der Waals surface area contributed by atoms with Gasteiger partial charge >= 0.3 is 0 Å². The lowest BCUT2D eigenvalue weighted by molar-refractivity contribution is -0.116. The highest BCUT2D eigenvalue weighted by Crippen LogP contribution is 2.11. The van der Waals surface area contributed by atoms with Crippen LogP contribution in [0.15, 0.2) is 23.6 Å². The minimum atomic E-state index is 0.0179. The van der Waals surface area contributed by atoms with Crippen molar-refractivity contribution in [3.05, 3.63) is 28.5 Å². The minimum absolute atomic E-state index is 0.0179. The number of unbranched alkanes of at least 4 members (excludes halogenated alkanes) is 9. The second kappa shape index (κ2) is 13.6. The first-order chi connectivity index (χ1) is 10.8. The molecule has 0 aliphatic rings. The molecular weight excluding hydrogens is 290 g/mol. The number of carbonyl (C=O) groups is 1. The molecule has 0 unspecified atom stereocenters. The second-order valence-corrected chi connectivity index (χ2v) is 6.80. The summed E-state index contributed by atoms with van der Waals surface area (Å²) in [6, 6.07) is 4.00. The molecule has 0 saturated heterocycles. The van der Waals surface area contributed by atoms with E-state index in [-0.39, 0.29) is 5.91 Å². The molecule has 1 rings (SSSR count). The van der Waals surface area contributed by atoms with Crippen LogP contribution < -0.4 is 5.32 Å². The van der Waals surface area contributed by atoms with Crippen molar-refractivity contribution in [1.29, 1.82) is 0 Å². The monoisotopic (exact) mass is 321 g/mol. The average Bonchev–Trinajstić information content (AvgIpc) is 3.04. The van der Waals surface area contributed by atoms with Gasteiger partial charge in [0.2, 0.25) is 5.91 Å². The predicted octanol–water partition coefficient (Wildman–Crippen LogP) is 5.80. The van der Waals surface area contributed by atoms with Gasteiger partial charge < -0.3 is 5.32 Å². The van der Waals surface area contributed by atoms with E-state index in [9.17, 15) is 4.79 Å². The fourth-order valence-electron chi connectivity index (χ4n) is 2.43. The van der Waals surface area contributed by atoms with Crippen LogP contribution >= 0.6 is 11.3 Å². The molecule has 1 amide bonds. The van der Waals surface area contributed by atoms with Gasteiger partial charge in [-0.1, -0.05) is 70.8 Å². The van der Waals surface area contributed by atoms with Crippen molar-refractivity contribution in [3.63, 3.8) is 0 Å². The molecule has 124 valence electrons. The summed E-state index contributed by atoms with van der Waals surface area (Å²) in [6.07, 6.45) is 16.8. The first-order valence-electron chi connectivity index (χ1n) is 8.82. The zero-order valence-electron chi connectivity index (χ0n) is 14.0. The Morgan fingerprint density at radius 2 is 1.68 bits per heavy atom. The molecule has 22 heavy (non-hydrogen) atoms. The highest BCUT2D eigenvalue weighted by Gasteiger charge is 1.96. The Labute approximate surface area is 140 Å². The van der Waals surface area contributed by atoms with Crippen molar-refractivity contribution in [2.45, 2.75) is 71.1 Å². The fourth-order valence-corrected chi connectivity index (χ4v) is 3.04. The lowest BCUT2D eigenvalue weighted by Gasteiger charge is -2.03. The lowest BCUT2D eigenvalue weighted by Crippen LogP contribution is -2.21. The van der Waals surface area contributed by atoms with E-state index in [0.29, 0.717) is 0 Å². The van der Waals surface area contributed by atoms with E-state index in [1.807, 2.05) is 23.6 Å².